The van der Waals surface area contributed by atoms with Gasteiger partial charge >= 0.3 is 7.82 Å². The molecule has 0 aromatic heterocycles. The van der Waals surface area contributed by atoms with Crippen molar-refractivity contribution in [2.75, 3.05) is 12.5 Å². The predicted molar refractivity (Wildman–Crippen MR) is 61.0 cm³/mol. The molecule has 0 spiro atoms. The Labute approximate surface area is 104 Å². The molecule has 0 N–H and O–H groups in total. The molecule has 2 atom stereocenters. The molecule has 7 heteroatoms. The summed E-state index contributed by atoms with van der Waals surface area (Å²) in [5, 5.41) is -0.566. The van der Waals surface area contributed by atoms with E-state index >= 15 is 0 Å². The topological polar surface area (TPSA) is 58.6 Å². The number of halogens is 2. The predicted octanol–water partition coefficient (Wildman–Crippen LogP) is 2.40. The van der Waals surface area contributed by atoms with Crippen molar-refractivity contribution in [2.45, 2.75) is 5.38 Å². The molecule has 0 bridgehead atoms. The molecule has 1 aromatic rings. The van der Waals surface area contributed by atoms with Gasteiger partial charge in [-0.25, -0.2) is 0 Å². The van der Waals surface area contributed by atoms with Crippen LogP contribution in [0.2, 0.25) is 0 Å². The van der Waals surface area contributed by atoms with Crippen LogP contribution in [-0.4, -0.2) is 17.9 Å². The number of benzene rings is 1. The molecule has 2 unspecified atom stereocenters. The minimum Gasteiger partial charge on any atom is -0.746 e. The lowest BCUT2D eigenvalue weighted by Gasteiger charge is -2.23. The SMILES string of the molecule is O=P([O-])(OCC(Cl)CCl)Oc1ccccc1. The minimum absolute atomic E-state index is 0.104. The first-order valence-electron chi connectivity index (χ1n) is 4.44. The van der Waals surface area contributed by atoms with Gasteiger partial charge in [0.2, 0.25) is 0 Å². The molecule has 0 aliphatic rings. The number of phosphoric ester groups is 1. The van der Waals surface area contributed by atoms with Gasteiger partial charge in [0.15, 0.2) is 0 Å². The Morgan fingerprint density at radius 2 is 2.00 bits per heavy atom. The molecule has 0 saturated carbocycles. The zero-order chi connectivity index (χ0) is 12.0. The Morgan fingerprint density at radius 3 is 2.56 bits per heavy atom. The Bertz CT molecular complexity index is 360. The van der Waals surface area contributed by atoms with Gasteiger partial charge in [-0.1, -0.05) is 18.2 Å². The van der Waals surface area contributed by atoms with E-state index in [1.165, 1.54) is 12.1 Å². The molecule has 1 aromatic carbocycles. The molecule has 4 nitrogen and oxygen atoms in total. The van der Waals surface area contributed by atoms with Gasteiger partial charge < -0.3 is 13.9 Å². The fraction of sp³-hybridized carbons (Fsp3) is 0.333. The van der Waals surface area contributed by atoms with Crippen LogP contribution in [0.25, 0.3) is 0 Å². The molecule has 1 rings (SSSR count). The van der Waals surface area contributed by atoms with E-state index in [0.29, 0.717) is 0 Å². The van der Waals surface area contributed by atoms with Crippen LogP contribution in [0.4, 0.5) is 0 Å². The van der Waals surface area contributed by atoms with Crippen molar-refractivity contribution in [2.24, 2.45) is 0 Å². The molecule has 16 heavy (non-hydrogen) atoms. The van der Waals surface area contributed by atoms with E-state index in [-0.39, 0.29) is 18.2 Å². The van der Waals surface area contributed by atoms with E-state index in [4.69, 9.17) is 23.2 Å². The third kappa shape index (κ3) is 5.19. The molecule has 0 heterocycles. The summed E-state index contributed by atoms with van der Waals surface area (Å²) < 4.78 is 20.5. The zero-order valence-electron chi connectivity index (χ0n) is 8.21. The second kappa shape index (κ2) is 6.48. The van der Waals surface area contributed by atoms with Crippen LogP contribution in [0.3, 0.4) is 0 Å². The quantitative estimate of drug-likeness (QED) is 0.594. The lowest BCUT2D eigenvalue weighted by molar-refractivity contribution is -0.216. The molecule has 0 fully saturated rings. The molecule has 0 aliphatic heterocycles. The second-order valence-electron chi connectivity index (χ2n) is 2.90. The highest BCUT2D eigenvalue weighted by molar-refractivity contribution is 7.46. The van der Waals surface area contributed by atoms with Gasteiger partial charge in [0.05, 0.1) is 12.0 Å². The minimum atomic E-state index is -4.37. The summed E-state index contributed by atoms with van der Waals surface area (Å²) in [6.07, 6.45) is 0. The van der Waals surface area contributed by atoms with Gasteiger partial charge in [-0.3, -0.25) is 4.57 Å². The number of hydrogen-bond donors (Lipinski definition) is 0. The third-order valence-electron chi connectivity index (χ3n) is 1.54. The molecule has 0 radical (unpaired) electrons. The van der Waals surface area contributed by atoms with E-state index in [2.05, 4.69) is 9.05 Å². The fourth-order valence-electron chi connectivity index (χ4n) is 0.854. The molecular weight excluding hydrogens is 274 g/mol. The van der Waals surface area contributed by atoms with Crippen molar-refractivity contribution in [1.29, 1.82) is 0 Å². The molecule has 90 valence electrons. The standard InChI is InChI=1S/C9H11Cl2O4P/c10-6-8(11)7-14-16(12,13)15-9-4-2-1-3-5-9/h1-5,8H,6-7H2,(H,12,13)/p-1. The average molecular weight is 284 g/mol. The van der Waals surface area contributed by atoms with Gasteiger partial charge in [0.1, 0.15) is 5.75 Å². The Hall–Kier alpha value is -0.250. The molecule has 0 aliphatic carbocycles. The first-order chi connectivity index (χ1) is 7.53. The van der Waals surface area contributed by atoms with Crippen LogP contribution in [0.1, 0.15) is 0 Å². The Kier molecular flexibility index (Phi) is 5.59. The lowest BCUT2D eigenvalue weighted by atomic mass is 10.3. The van der Waals surface area contributed by atoms with Gasteiger partial charge in [-0.2, -0.15) is 0 Å². The van der Waals surface area contributed by atoms with Crippen molar-refractivity contribution in [3.8, 4) is 5.75 Å². The maximum Gasteiger partial charge on any atom is 0.319 e. The summed E-state index contributed by atoms with van der Waals surface area (Å²) in [5.74, 6) is 0.296. The van der Waals surface area contributed by atoms with E-state index < -0.39 is 13.2 Å². The summed E-state index contributed by atoms with van der Waals surface area (Å²) in [6.45, 7) is -0.210. The summed E-state index contributed by atoms with van der Waals surface area (Å²) in [6, 6.07) is 8.06. The third-order valence-corrected chi connectivity index (χ3v) is 3.25. The number of hydrogen-bond acceptors (Lipinski definition) is 4. The zero-order valence-corrected chi connectivity index (χ0v) is 10.6. The summed E-state index contributed by atoms with van der Waals surface area (Å²) >= 11 is 11.0. The van der Waals surface area contributed by atoms with E-state index in [1.54, 1.807) is 18.2 Å². The second-order valence-corrected chi connectivity index (χ2v) is 5.16. The fourth-order valence-corrected chi connectivity index (χ4v) is 1.89. The number of phosphoric acid groups is 1. The van der Waals surface area contributed by atoms with Crippen LogP contribution >= 0.6 is 31.0 Å². The highest BCUT2D eigenvalue weighted by Crippen LogP contribution is 2.39. The summed E-state index contributed by atoms with van der Waals surface area (Å²) in [4.78, 5) is 11.3. The Morgan fingerprint density at radius 1 is 1.38 bits per heavy atom. The summed E-state index contributed by atoms with van der Waals surface area (Å²) in [7, 11) is -4.37. The van der Waals surface area contributed by atoms with Crippen LogP contribution in [-0.2, 0) is 9.09 Å². The van der Waals surface area contributed by atoms with Gasteiger partial charge in [0.25, 0.3) is 0 Å². The number of alkyl halides is 2. The molecule has 0 saturated heterocycles. The largest absolute Gasteiger partial charge is 0.746 e. The van der Waals surface area contributed by atoms with Crippen LogP contribution in [0.5, 0.6) is 5.75 Å². The Balaban J connectivity index is 2.49. The lowest BCUT2D eigenvalue weighted by Crippen LogP contribution is -2.16. The molecule has 0 amide bonds. The van der Waals surface area contributed by atoms with Gasteiger partial charge in [0, 0.05) is 5.88 Å². The van der Waals surface area contributed by atoms with E-state index in [0.717, 1.165) is 0 Å². The van der Waals surface area contributed by atoms with Crippen LogP contribution in [0, 0.1) is 0 Å². The van der Waals surface area contributed by atoms with Crippen molar-refractivity contribution in [3.05, 3.63) is 30.3 Å². The number of para-hydroxylation sites is 1. The molecular formula is C9H10Cl2O4P-. The van der Waals surface area contributed by atoms with Gasteiger partial charge in [-0.05, 0) is 12.1 Å². The monoisotopic (exact) mass is 283 g/mol. The van der Waals surface area contributed by atoms with Crippen molar-refractivity contribution in [3.63, 3.8) is 0 Å². The highest BCUT2D eigenvalue weighted by Gasteiger charge is 2.13. The normalized spacial score (nSPS) is 16.4. The van der Waals surface area contributed by atoms with Crippen LogP contribution in [0.15, 0.2) is 30.3 Å². The smallest absolute Gasteiger partial charge is 0.319 e. The maximum absolute atomic E-state index is 11.3. The van der Waals surface area contributed by atoms with Crippen molar-refractivity contribution >= 4 is 31.0 Å². The average Bonchev–Trinajstić information content (AvgIpc) is 2.27. The number of rotatable bonds is 6. The summed E-state index contributed by atoms with van der Waals surface area (Å²) in [5.41, 5.74) is 0. The first kappa shape index (κ1) is 13.8. The first-order valence-corrected chi connectivity index (χ1v) is 6.87. The van der Waals surface area contributed by atoms with E-state index in [9.17, 15) is 9.46 Å². The highest BCUT2D eigenvalue weighted by atomic mass is 35.5. The van der Waals surface area contributed by atoms with Crippen LogP contribution < -0.4 is 9.42 Å². The van der Waals surface area contributed by atoms with E-state index in [1.807, 2.05) is 0 Å². The van der Waals surface area contributed by atoms with Crippen molar-refractivity contribution in [1.82, 2.24) is 0 Å². The van der Waals surface area contributed by atoms with Crippen molar-refractivity contribution < 1.29 is 18.5 Å². The maximum atomic E-state index is 11.3. The van der Waals surface area contributed by atoms with Gasteiger partial charge in [-0.15, -0.1) is 23.2 Å².